The zero-order chi connectivity index (χ0) is 18.2. The Morgan fingerprint density at radius 2 is 1.54 bits per heavy atom. The summed E-state index contributed by atoms with van der Waals surface area (Å²) in [5.74, 6) is 0. The molecule has 2 heterocycles. The largest absolute Gasteiger partial charge is 0.394 e. The summed E-state index contributed by atoms with van der Waals surface area (Å²) in [4.78, 5) is 0. The van der Waals surface area contributed by atoms with E-state index in [1.807, 2.05) is 0 Å². The van der Waals surface area contributed by atoms with E-state index in [0.29, 0.717) is 0 Å². The molecule has 2 aliphatic rings. The van der Waals surface area contributed by atoms with Gasteiger partial charge in [-0.15, -0.1) is 0 Å². The molecule has 0 unspecified atom stereocenters. The van der Waals surface area contributed by atoms with Crippen molar-refractivity contribution in [1.82, 2.24) is 0 Å². The fraction of sp³-hybridized carbons (Fsp3) is 1.00. The van der Waals surface area contributed by atoms with Gasteiger partial charge in [-0.2, -0.15) is 0 Å². The average Bonchev–Trinajstić information content (AvgIpc) is 2.55. The van der Waals surface area contributed by atoms with Crippen molar-refractivity contribution in [2.24, 2.45) is 0 Å². The molecule has 11 nitrogen and oxygen atoms in total. The Morgan fingerprint density at radius 3 is 2.08 bits per heavy atom. The first kappa shape index (κ1) is 19.9. The van der Waals surface area contributed by atoms with Crippen molar-refractivity contribution in [2.75, 3.05) is 13.2 Å². The fourth-order valence-corrected chi connectivity index (χ4v) is 2.80. The minimum atomic E-state index is -1.96. The van der Waals surface area contributed by atoms with E-state index >= 15 is 0 Å². The first-order valence-electron chi connectivity index (χ1n) is 7.46. The molecule has 0 saturated carbocycles. The second kappa shape index (κ2) is 7.43. The molecule has 142 valence electrons. The maximum absolute atomic E-state index is 10.1. The van der Waals surface area contributed by atoms with Gasteiger partial charge in [0.25, 0.3) is 0 Å². The van der Waals surface area contributed by atoms with Crippen molar-refractivity contribution in [1.29, 1.82) is 0 Å². The lowest BCUT2D eigenvalue weighted by molar-refractivity contribution is -0.367. The van der Waals surface area contributed by atoms with E-state index in [1.165, 1.54) is 0 Å². The summed E-state index contributed by atoms with van der Waals surface area (Å²) < 4.78 is 15.4. The lowest BCUT2D eigenvalue weighted by Gasteiger charge is -2.48. The van der Waals surface area contributed by atoms with E-state index in [9.17, 15) is 40.9 Å². The Labute approximate surface area is 137 Å². The summed E-state index contributed by atoms with van der Waals surface area (Å²) >= 11 is 0. The molecule has 0 aromatic carbocycles. The highest BCUT2D eigenvalue weighted by atomic mass is 16.7. The predicted molar refractivity (Wildman–Crippen MR) is 73.2 cm³/mol. The standard InChI is InChI=1S/C13H24O11/c1-13(21)5(3-15)23-12(8(18)10(13)19)24-9-4(2-14)22-11(20)7(17)6(9)16/h4-12,14-21H,2-3H2,1H3/t4-,5-,6-,7-,8-,9-,10+,11-,12-,13+/m1/s1. The van der Waals surface area contributed by atoms with Crippen LogP contribution >= 0.6 is 0 Å². The maximum atomic E-state index is 10.1. The van der Waals surface area contributed by atoms with Crippen molar-refractivity contribution in [3.63, 3.8) is 0 Å². The van der Waals surface area contributed by atoms with Gasteiger partial charge >= 0.3 is 0 Å². The molecule has 2 saturated heterocycles. The first-order chi connectivity index (χ1) is 11.1. The van der Waals surface area contributed by atoms with Crippen LogP contribution < -0.4 is 0 Å². The number of ether oxygens (including phenoxy) is 3. The van der Waals surface area contributed by atoms with Gasteiger partial charge in [0, 0.05) is 0 Å². The molecule has 0 spiro atoms. The molecule has 0 radical (unpaired) electrons. The highest BCUT2D eigenvalue weighted by Gasteiger charge is 2.54. The normalized spacial score (nSPS) is 53.1. The zero-order valence-electron chi connectivity index (χ0n) is 12.9. The van der Waals surface area contributed by atoms with E-state index in [1.54, 1.807) is 0 Å². The van der Waals surface area contributed by atoms with Crippen molar-refractivity contribution in [3.05, 3.63) is 0 Å². The molecule has 0 bridgehead atoms. The SMILES string of the molecule is C[C@]1(O)[C@@H](CO)O[C@H](O[C@H]2[C@H](O)[C@@H](O)[C@H](O)O[C@@H]2CO)[C@H](O)[C@@H]1O. The Morgan fingerprint density at radius 1 is 0.917 bits per heavy atom. The maximum Gasteiger partial charge on any atom is 0.187 e. The summed E-state index contributed by atoms with van der Waals surface area (Å²) in [7, 11) is 0. The van der Waals surface area contributed by atoms with Gasteiger partial charge in [0.15, 0.2) is 12.6 Å². The molecule has 11 heteroatoms. The summed E-state index contributed by atoms with van der Waals surface area (Å²) in [6.45, 7) is -0.212. The molecule has 0 aliphatic carbocycles. The Kier molecular flexibility index (Phi) is 6.16. The van der Waals surface area contributed by atoms with Crippen molar-refractivity contribution in [3.8, 4) is 0 Å². The molecule has 0 aromatic heterocycles. The number of hydrogen-bond donors (Lipinski definition) is 8. The van der Waals surface area contributed by atoms with Crippen LogP contribution in [0.25, 0.3) is 0 Å². The predicted octanol–water partition coefficient (Wildman–Crippen LogP) is -5.01. The summed E-state index contributed by atoms with van der Waals surface area (Å²) in [5, 5.41) is 77.7. The molecule has 0 aromatic rings. The van der Waals surface area contributed by atoms with Gasteiger partial charge in [0.1, 0.15) is 48.3 Å². The number of aliphatic hydroxyl groups excluding tert-OH is 7. The lowest BCUT2D eigenvalue weighted by atomic mass is 9.86. The minimum absolute atomic E-state index is 0.683. The van der Waals surface area contributed by atoms with Gasteiger partial charge in [0.05, 0.1) is 13.2 Å². The van der Waals surface area contributed by atoms with Crippen LogP contribution in [-0.4, -0.2) is 115 Å². The van der Waals surface area contributed by atoms with Crippen LogP contribution in [0.3, 0.4) is 0 Å². The molecule has 0 amide bonds. The van der Waals surface area contributed by atoms with E-state index in [2.05, 4.69) is 0 Å². The highest BCUT2D eigenvalue weighted by molar-refractivity contribution is 5.00. The second-order valence-corrected chi connectivity index (χ2v) is 6.17. The molecule has 24 heavy (non-hydrogen) atoms. The molecular weight excluding hydrogens is 332 g/mol. The second-order valence-electron chi connectivity index (χ2n) is 6.17. The third kappa shape index (κ3) is 3.43. The Hall–Kier alpha value is -0.440. The van der Waals surface area contributed by atoms with Crippen LogP contribution in [0.15, 0.2) is 0 Å². The van der Waals surface area contributed by atoms with Crippen LogP contribution in [0.5, 0.6) is 0 Å². The van der Waals surface area contributed by atoms with Gasteiger partial charge in [-0.05, 0) is 6.92 Å². The van der Waals surface area contributed by atoms with Crippen LogP contribution in [0.1, 0.15) is 6.92 Å². The van der Waals surface area contributed by atoms with Crippen molar-refractivity contribution >= 4 is 0 Å². The summed E-state index contributed by atoms with van der Waals surface area (Å²) in [6.07, 6.45) is -14.2. The molecule has 2 fully saturated rings. The number of rotatable bonds is 4. The van der Waals surface area contributed by atoms with Crippen molar-refractivity contribution in [2.45, 2.75) is 67.8 Å². The fourth-order valence-electron chi connectivity index (χ4n) is 2.80. The van der Waals surface area contributed by atoms with E-state index in [-0.39, 0.29) is 0 Å². The summed E-state index contributed by atoms with van der Waals surface area (Å²) in [5.41, 5.74) is -1.96. The highest BCUT2D eigenvalue weighted by Crippen LogP contribution is 2.32. The van der Waals surface area contributed by atoms with Crippen LogP contribution in [0, 0.1) is 0 Å². The van der Waals surface area contributed by atoms with E-state index in [4.69, 9.17) is 14.2 Å². The Bertz CT molecular complexity index is 413. The van der Waals surface area contributed by atoms with Crippen LogP contribution in [0.2, 0.25) is 0 Å². The van der Waals surface area contributed by atoms with Gasteiger partial charge < -0.3 is 55.1 Å². The van der Waals surface area contributed by atoms with Crippen LogP contribution in [-0.2, 0) is 14.2 Å². The van der Waals surface area contributed by atoms with Gasteiger partial charge in [0.2, 0.25) is 0 Å². The third-order valence-corrected chi connectivity index (χ3v) is 4.45. The van der Waals surface area contributed by atoms with Crippen molar-refractivity contribution < 1.29 is 55.1 Å². The zero-order valence-corrected chi connectivity index (χ0v) is 12.9. The lowest BCUT2D eigenvalue weighted by Crippen LogP contribution is -2.68. The van der Waals surface area contributed by atoms with Gasteiger partial charge in [-0.25, -0.2) is 0 Å². The number of aliphatic hydroxyl groups is 8. The molecule has 2 aliphatic heterocycles. The number of hydrogen-bond acceptors (Lipinski definition) is 11. The van der Waals surface area contributed by atoms with Gasteiger partial charge in [-0.1, -0.05) is 0 Å². The third-order valence-electron chi connectivity index (χ3n) is 4.45. The topological polar surface area (TPSA) is 190 Å². The smallest absolute Gasteiger partial charge is 0.187 e. The quantitative estimate of drug-likeness (QED) is 0.241. The average molecular weight is 356 g/mol. The summed E-state index contributed by atoms with van der Waals surface area (Å²) in [6, 6.07) is 0. The molecule has 8 N–H and O–H groups in total. The van der Waals surface area contributed by atoms with E-state index < -0.39 is 74.1 Å². The molecular formula is C13H24O11. The monoisotopic (exact) mass is 356 g/mol. The minimum Gasteiger partial charge on any atom is -0.394 e. The molecule has 2 rings (SSSR count). The van der Waals surface area contributed by atoms with Gasteiger partial charge in [-0.3, -0.25) is 0 Å². The first-order valence-corrected chi connectivity index (χ1v) is 7.46. The molecule has 10 atom stereocenters. The van der Waals surface area contributed by atoms with E-state index in [0.717, 1.165) is 6.92 Å². The Balaban J connectivity index is 2.16. The van der Waals surface area contributed by atoms with Crippen LogP contribution in [0.4, 0.5) is 0 Å².